The Hall–Kier alpha value is -1.53. The van der Waals surface area contributed by atoms with Crippen LogP contribution in [0.4, 0.5) is 9.93 Å². The van der Waals surface area contributed by atoms with Gasteiger partial charge in [0.25, 0.3) is 0 Å². The molecule has 0 radical (unpaired) electrons. The zero-order valence-electron chi connectivity index (χ0n) is 11.5. The van der Waals surface area contributed by atoms with E-state index in [1.165, 1.54) is 11.3 Å². The zero-order valence-corrected chi connectivity index (χ0v) is 13.1. The van der Waals surface area contributed by atoms with E-state index in [9.17, 15) is 4.79 Å². The van der Waals surface area contributed by atoms with Gasteiger partial charge >= 0.3 is 6.09 Å². The Bertz CT molecular complexity index is 649. The maximum absolute atomic E-state index is 11.6. The third-order valence-electron chi connectivity index (χ3n) is 2.36. The predicted molar refractivity (Wildman–Crippen MR) is 82.1 cm³/mol. The Morgan fingerprint density at radius 1 is 1.50 bits per heavy atom. The van der Waals surface area contributed by atoms with Gasteiger partial charge in [-0.2, -0.15) is 0 Å². The summed E-state index contributed by atoms with van der Waals surface area (Å²) in [6.45, 7) is 5.78. The quantitative estimate of drug-likeness (QED) is 0.888. The van der Waals surface area contributed by atoms with Crippen LogP contribution in [0.15, 0.2) is 12.1 Å². The Morgan fingerprint density at radius 2 is 2.20 bits per heavy atom. The number of carbonyl (C=O) groups excluding carboxylic acids is 1. The molecule has 0 aliphatic heterocycles. The lowest BCUT2D eigenvalue weighted by Gasteiger charge is -2.19. The largest absolute Gasteiger partial charge is 0.444 e. The van der Waals surface area contributed by atoms with Crippen molar-refractivity contribution in [3.63, 3.8) is 0 Å². The Labute approximate surface area is 126 Å². The fourth-order valence-corrected chi connectivity index (χ4v) is 2.81. The molecule has 0 fully saturated rings. The molecular weight excluding hydrogens is 298 g/mol. The van der Waals surface area contributed by atoms with Crippen molar-refractivity contribution in [2.75, 3.05) is 5.73 Å². The first-order chi connectivity index (χ1) is 9.24. The molecule has 5 nitrogen and oxygen atoms in total. The molecule has 2 rings (SSSR count). The fourth-order valence-electron chi connectivity index (χ4n) is 1.65. The van der Waals surface area contributed by atoms with Crippen molar-refractivity contribution in [2.45, 2.75) is 32.9 Å². The molecule has 0 spiro atoms. The van der Waals surface area contributed by atoms with E-state index in [2.05, 4.69) is 10.3 Å². The van der Waals surface area contributed by atoms with E-state index < -0.39 is 11.7 Å². The van der Waals surface area contributed by atoms with Crippen LogP contribution in [-0.2, 0) is 11.3 Å². The lowest BCUT2D eigenvalue weighted by molar-refractivity contribution is 0.0523. The van der Waals surface area contributed by atoms with Gasteiger partial charge in [-0.3, -0.25) is 0 Å². The summed E-state index contributed by atoms with van der Waals surface area (Å²) in [6.07, 6.45) is -0.461. The van der Waals surface area contributed by atoms with Crippen LogP contribution in [0.1, 0.15) is 26.3 Å². The number of rotatable bonds is 2. The number of anilines is 1. The Balaban J connectivity index is 2.08. The van der Waals surface area contributed by atoms with E-state index in [4.69, 9.17) is 22.1 Å². The minimum absolute atomic E-state index is 0.336. The van der Waals surface area contributed by atoms with E-state index in [0.717, 1.165) is 10.3 Å². The van der Waals surface area contributed by atoms with Crippen molar-refractivity contribution >= 4 is 44.4 Å². The molecule has 20 heavy (non-hydrogen) atoms. The van der Waals surface area contributed by atoms with Gasteiger partial charge in [-0.05, 0) is 38.5 Å². The van der Waals surface area contributed by atoms with E-state index >= 15 is 0 Å². The van der Waals surface area contributed by atoms with Crippen molar-refractivity contribution in [3.05, 3.63) is 22.7 Å². The summed E-state index contributed by atoms with van der Waals surface area (Å²) in [7, 11) is 0. The van der Waals surface area contributed by atoms with Crippen molar-refractivity contribution in [3.8, 4) is 0 Å². The maximum atomic E-state index is 11.6. The van der Waals surface area contributed by atoms with E-state index in [-0.39, 0.29) is 0 Å². The van der Waals surface area contributed by atoms with Gasteiger partial charge in [0.1, 0.15) is 11.1 Å². The van der Waals surface area contributed by atoms with Crippen LogP contribution in [0.25, 0.3) is 10.2 Å². The molecule has 1 amide bonds. The smallest absolute Gasteiger partial charge is 0.407 e. The second-order valence-electron chi connectivity index (χ2n) is 5.33. The molecule has 1 heterocycles. The number of hydrogen-bond acceptors (Lipinski definition) is 5. The van der Waals surface area contributed by atoms with Gasteiger partial charge in [-0.25, -0.2) is 9.78 Å². The van der Waals surface area contributed by atoms with Gasteiger partial charge < -0.3 is 15.8 Å². The summed E-state index contributed by atoms with van der Waals surface area (Å²) >= 11 is 7.50. The van der Waals surface area contributed by atoms with E-state index in [1.807, 2.05) is 26.8 Å². The summed E-state index contributed by atoms with van der Waals surface area (Å²) in [5.41, 5.74) is 6.71. The molecule has 1 aromatic carbocycles. The molecule has 0 aliphatic rings. The second kappa shape index (κ2) is 5.46. The number of nitrogen functional groups attached to an aromatic ring is 1. The highest BCUT2D eigenvalue weighted by Crippen LogP contribution is 2.30. The number of nitrogens with zero attached hydrogens (tertiary/aromatic N) is 1. The first kappa shape index (κ1) is 14.9. The number of nitrogens with one attached hydrogen (secondary N) is 1. The third-order valence-corrected chi connectivity index (χ3v) is 3.48. The molecule has 0 saturated carbocycles. The van der Waals surface area contributed by atoms with Gasteiger partial charge in [0, 0.05) is 6.54 Å². The highest BCUT2D eigenvalue weighted by molar-refractivity contribution is 7.22. The van der Waals surface area contributed by atoms with Crippen LogP contribution in [0.3, 0.4) is 0 Å². The van der Waals surface area contributed by atoms with Gasteiger partial charge in [-0.1, -0.05) is 22.9 Å². The Morgan fingerprint density at radius 3 is 2.85 bits per heavy atom. The SMILES string of the molecule is CC(C)(C)OC(=O)NCc1cc(Cl)c2nc(N)sc2c1. The number of amides is 1. The average Bonchev–Trinajstić information content (AvgIpc) is 2.65. The van der Waals surface area contributed by atoms with E-state index in [1.54, 1.807) is 6.07 Å². The Kier molecular flexibility index (Phi) is 4.06. The number of nitrogens with two attached hydrogens (primary N) is 1. The first-order valence-corrected chi connectivity index (χ1v) is 7.25. The van der Waals surface area contributed by atoms with Crippen molar-refractivity contribution in [1.82, 2.24) is 10.3 Å². The standard InChI is InChI=1S/C13H16ClN3O2S/c1-13(2,3)19-12(18)16-6-7-4-8(14)10-9(5-7)20-11(15)17-10/h4-5H,6H2,1-3H3,(H2,15,17)(H,16,18). The summed E-state index contributed by atoms with van der Waals surface area (Å²) in [5, 5.41) is 3.68. The minimum atomic E-state index is -0.516. The number of benzene rings is 1. The summed E-state index contributed by atoms with van der Waals surface area (Å²) in [6, 6.07) is 3.67. The summed E-state index contributed by atoms with van der Waals surface area (Å²) in [4.78, 5) is 15.7. The van der Waals surface area contributed by atoms with Crippen molar-refractivity contribution in [1.29, 1.82) is 0 Å². The van der Waals surface area contributed by atoms with E-state index in [0.29, 0.717) is 22.2 Å². The number of carbonyl (C=O) groups is 1. The van der Waals surface area contributed by atoms with Crippen LogP contribution in [0, 0.1) is 0 Å². The number of hydrogen-bond donors (Lipinski definition) is 2. The number of fused-ring (bicyclic) bond motifs is 1. The lowest BCUT2D eigenvalue weighted by atomic mass is 10.2. The molecule has 3 N–H and O–H groups in total. The van der Waals surface area contributed by atoms with Gasteiger partial charge in [0.05, 0.1) is 9.72 Å². The van der Waals surface area contributed by atoms with Crippen LogP contribution in [0.5, 0.6) is 0 Å². The summed E-state index contributed by atoms with van der Waals surface area (Å²) < 4.78 is 6.07. The number of thiazole rings is 1. The van der Waals surface area contributed by atoms with Crippen LogP contribution >= 0.6 is 22.9 Å². The molecule has 0 bridgehead atoms. The van der Waals surface area contributed by atoms with Crippen LogP contribution in [-0.4, -0.2) is 16.7 Å². The molecule has 0 atom stereocenters. The fraction of sp³-hybridized carbons (Fsp3) is 0.385. The minimum Gasteiger partial charge on any atom is -0.444 e. The van der Waals surface area contributed by atoms with Crippen LogP contribution in [0.2, 0.25) is 5.02 Å². The van der Waals surface area contributed by atoms with Gasteiger partial charge in [-0.15, -0.1) is 0 Å². The van der Waals surface area contributed by atoms with Gasteiger partial charge in [0.2, 0.25) is 0 Å². The molecule has 108 valence electrons. The number of halogens is 1. The highest BCUT2D eigenvalue weighted by Gasteiger charge is 2.16. The first-order valence-electron chi connectivity index (χ1n) is 6.06. The number of ether oxygens (including phenoxy) is 1. The highest BCUT2D eigenvalue weighted by atomic mass is 35.5. The average molecular weight is 314 g/mol. The molecule has 2 aromatic rings. The lowest BCUT2D eigenvalue weighted by Crippen LogP contribution is -2.32. The van der Waals surface area contributed by atoms with Crippen molar-refractivity contribution in [2.24, 2.45) is 0 Å². The maximum Gasteiger partial charge on any atom is 0.407 e. The molecule has 0 saturated heterocycles. The monoisotopic (exact) mass is 313 g/mol. The predicted octanol–water partition coefficient (Wildman–Crippen LogP) is 3.56. The molecule has 7 heteroatoms. The normalized spacial score (nSPS) is 11.6. The molecule has 0 aliphatic carbocycles. The molecular formula is C13H16ClN3O2S. The number of aromatic nitrogens is 1. The summed E-state index contributed by atoms with van der Waals surface area (Å²) in [5.74, 6) is 0. The number of alkyl carbamates (subject to hydrolysis) is 1. The van der Waals surface area contributed by atoms with Gasteiger partial charge in [0.15, 0.2) is 5.13 Å². The second-order valence-corrected chi connectivity index (χ2v) is 6.80. The topological polar surface area (TPSA) is 77.2 Å². The molecule has 1 aromatic heterocycles. The third kappa shape index (κ3) is 3.74. The van der Waals surface area contributed by atoms with Crippen molar-refractivity contribution < 1.29 is 9.53 Å². The van der Waals surface area contributed by atoms with Crippen LogP contribution < -0.4 is 11.1 Å². The molecule has 0 unspecified atom stereocenters. The zero-order chi connectivity index (χ0) is 14.9.